The van der Waals surface area contributed by atoms with Crippen LogP contribution in [-0.2, 0) is 4.79 Å². The van der Waals surface area contributed by atoms with Crippen LogP contribution in [0.25, 0.3) is 0 Å². The zero-order chi connectivity index (χ0) is 18.4. The molecule has 0 aromatic carbocycles. The lowest BCUT2D eigenvalue weighted by molar-refractivity contribution is -0.130. The van der Waals surface area contributed by atoms with Gasteiger partial charge in [-0.1, -0.05) is 66.2 Å². The fourth-order valence-corrected chi connectivity index (χ4v) is 3.68. The summed E-state index contributed by atoms with van der Waals surface area (Å²) in [5.41, 5.74) is 5.64. The number of hydrogen-bond acceptors (Lipinski definition) is 2. The number of hydrogen-bond donors (Lipinski definition) is 1. The van der Waals surface area contributed by atoms with Gasteiger partial charge < -0.3 is 10.6 Å². The van der Waals surface area contributed by atoms with Crippen molar-refractivity contribution in [2.45, 2.75) is 111 Å². The molecule has 24 heavy (non-hydrogen) atoms. The van der Waals surface area contributed by atoms with Crippen molar-refractivity contribution in [3.63, 3.8) is 0 Å². The number of primary amides is 1. The van der Waals surface area contributed by atoms with Gasteiger partial charge in [0.25, 0.3) is 0 Å². The summed E-state index contributed by atoms with van der Waals surface area (Å²) in [6.45, 7) is 13.5. The van der Waals surface area contributed by atoms with E-state index >= 15 is 0 Å². The van der Waals surface area contributed by atoms with E-state index in [2.05, 4.69) is 39.5 Å². The Morgan fingerprint density at radius 2 is 1.29 bits per heavy atom. The largest absolute Gasteiger partial charge is 0.369 e. The number of nitrogens with zero attached hydrogens (tertiary/aromatic N) is 1. The molecular formula is C21H44N2O. The molecular weight excluding hydrogens is 296 g/mol. The molecule has 0 saturated carbocycles. The van der Waals surface area contributed by atoms with Gasteiger partial charge in [-0.2, -0.15) is 0 Å². The molecule has 144 valence electrons. The first-order valence-electron chi connectivity index (χ1n) is 10.5. The first kappa shape index (κ1) is 23.4. The van der Waals surface area contributed by atoms with Crippen molar-refractivity contribution < 1.29 is 4.79 Å². The van der Waals surface area contributed by atoms with E-state index in [9.17, 15) is 4.79 Å². The minimum Gasteiger partial charge on any atom is -0.369 e. The van der Waals surface area contributed by atoms with Gasteiger partial charge in [-0.3, -0.25) is 4.79 Å². The molecule has 0 aliphatic heterocycles. The van der Waals surface area contributed by atoms with E-state index in [1.807, 2.05) is 0 Å². The average molecular weight is 341 g/mol. The van der Waals surface area contributed by atoms with E-state index in [1.54, 1.807) is 0 Å². The zero-order valence-corrected chi connectivity index (χ0v) is 17.2. The van der Waals surface area contributed by atoms with Crippen LogP contribution in [0.1, 0.15) is 105 Å². The van der Waals surface area contributed by atoms with E-state index in [-0.39, 0.29) is 11.3 Å². The molecule has 1 unspecified atom stereocenters. The molecule has 0 spiro atoms. The topological polar surface area (TPSA) is 46.3 Å². The summed E-state index contributed by atoms with van der Waals surface area (Å²) >= 11 is 0. The molecule has 0 aromatic rings. The molecule has 0 saturated heterocycles. The van der Waals surface area contributed by atoms with Crippen LogP contribution in [-0.4, -0.2) is 29.9 Å². The Hall–Kier alpha value is -0.570. The highest BCUT2D eigenvalue weighted by Crippen LogP contribution is 2.37. The van der Waals surface area contributed by atoms with Gasteiger partial charge in [-0.25, -0.2) is 0 Å². The molecule has 0 aliphatic carbocycles. The van der Waals surface area contributed by atoms with Gasteiger partial charge in [-0.05, 0) is 52.1 Å². The Bertz CT molecular complexity index is 301. The van der Waals surface area contributed by atoms with Crippen molar-refractivity contribution in [1.29, 1.82) is 0 Å². The Morgan fingerprint density at radius 1 is 0.875 bits per heavy atom. The van der Waals surface area contributed by atoms with Gasteiger partial charge in [-0.15, -0.1) is 0 Å². The molecule has 0 rings (SSSR count). The maximum atomic E-state index is 12.4. The minimum atomic E-state index is -0.303. The third-order valence-electron chi connectivity index (χ3n) is 5.45. The quantitative estimate of drug-likeness (QED) is 0.402. The van der Waals surface area contributed by atoms with Gasteiger partial charge in [0.1, 0.15) is 0 Å². The molecule has 0 aromatic heterocycles. The summed E-state index contributed by atoms with van der Waals surface area (Å²) in [5, 5.41) is 0. The molecule has 0 fully saturated rings. The predicted octanol–water partition coefficient (Wildman–Crippen LogP) is 5.52. The summed E-state index contributed by atoms with van der Waals surface area (Å²) < 4.78 is 0. The number of unbranched alkanes of at least 4 members (excludes halogenated alkanes) is 4. The molecule has 0 bridgehead atoms. The third-order valence-corrected chi connectivity index (χ3v) is 5.45. The summed E-state index contributed by atoms with van der Waals surface area (Å²) in [5.74, 6) is -0.0674. The predicted molar refractivity (Wildman–Crippen MR) is 106 cm³/mol. The van der Waals surface area contributed by atoms with Crippen LogP contribution in [0, 0.1) is 5.41 Å². The molecule has 3 heteroatoms. The van der Waals surface area contributed by atoms with Gasteiger partial charge in [0, 0.05) is 6.04 Å². The van der Waals surface area contributed by atoms with Crippen molar-refractivity contribution in [3.8, 4) is 0 Å². The Kier molecular flexibility index (Phi) is 13.4. The van der Waals surface area contributed by atoms with Crippen LogP contribution in [0.15, 0.2) is 0 Å². The second-order valence-corrected chi connectivity index (χ2v) is 7.65. The van der Waals surface area contributed by atoms with Crippen molar-refractivity contribution in [2.75, 3.05) is 13.1 Å². The lowest BCUT2D eigenvalue weighted by Gasteiger charge is -2.38. The second kappa shape index (κ2) is 13.7. The van der Waals surface area contributed by atoms with Crippen molar-refractivity contribution in [2.24, 2.45) is 11.1 Å². The van der Waals surface area contributed by atoms with Crippen LogP contribution in [0.4, 0.5) is 0 Å². The van der Waals surface area contributed by atoms with Crippen LogP contribution in [0.3, 0.4) is 0 Å². The zero-order valence-electron chi connectivity index (χ0n) is 17.2. The van der Waals surface area contributed by atoms with E-state index < -0.39 is 0 Å². The van der Waals surface area contributed by atoms with Crippen LogP contribution < -0.4 is 5.73 Å². The minimum absolute atomic E-state index is 0.0674. The highest BCUT2D eigenvalue weighted by atomic mass is 16.1. The second-order valence-electron chi connectivity index (χ2n) is 7.65. The molecule has 2 N–H and O–H groups in total. The number of amides is 1. The summed E-state index contributed by atoms with van der Waals surface area (Å²) in [6.07, 6.45) is 12.2. The van der Waals surface area contributed by atoms with Gasteiger partial charge >= 0.3 is 0 Å². The van der Waals surface area contributed by atoms with E-state index in [0.29, 0.717) is 6.04 Å². The first-order valence-corrected chi connectivity index (χ1v) is 10.5. The molecule has 1 amide bonds. The number of rotatable bonds is 16. The lowest BCUT2D eigenvalue weighted by Crippen LogP contribution is -2.44. The SMILES string of the molecule is CCCCN(CCCC)C(C)CC(CCCC)(CCCC)C(N)=O. The number of nitrogens with two attached hydrogens (primary N) is 1. The van der Waals surface area contributed by atoms with Crippen molar-refractivity contribution in [3.05, 3.63) is 0 Å². The van der Waals surface area contributed by atoms with Gasteiger partial charge in [0.2, 0.25) is 5.91 Å². The molecule has 0 radical (unpaired) electrons. The van der Waals surface area contributed by atoms with Crippen LogP contribution in [0.2, 0.25) is 0 Å². The van der Waals surface area contributed by atoms with Crippen LogP contribution >= 0.6 is 0 Å². The molecule has 3 nitrogen and oxygen atoms in total. The smallest absolute Gasteiger partial charge is 0.223 e. The lowest BCUT2D eigenvalue weighted by atomic mass is 9.73. The van der Waals surface area contributed by atoms with Crippen molar-refractivity contribution in [1.82, 2.24) is 4.90 Å². The van der Waals surface area contributed by atoms with Gasteiger partial charge in [0.15, 0.2) is 0 Å². The molecule has 0 aliphatic rings. The maximum absolute atomic E-state index is 12.4. The standard InChI is InChI=1S/C21H44N2O/c1-6-10-14-21(20(22)24,15-11-7-2)18-19(5)23(16-12-8-3)17-13-9-4/h19H,6-18H2,1-5H3,(H2,22,24). The van der Waals surface area contributed by atoms with E-state index in [1.165, 1.54) is 25.7 Å². The molecule has 0 heterocycles. The fraction of sp³-hybridized carbons (Fsp3) is 0.952. The monoisotopic (exact) mass is 340 g/mol. The summed E-state index contributed by atoms with van der Waals surface area (Å²) in [4.78, 5) is 15.0. The van der Waals surface area contributed by atoms with E-state index in [0.717, 1.165) is 58.0 Å². The Balaban J connectivity index is 5.11. The van der Waals surface area contributed by atoms with Crippen molar-refractivity contribution >= 4 is 5.91 Å². The summed E-state index contributed by atoms with van der Waals surface area (Å²) in [7, 11) is 0. The Labute approximate surface area is 151 Å². The fourth-order valence-electron chi connectivity index (χ4n) is 3.68. The van der Waals surface area contributed by atoms with Crippen LogP contribution in [0.5, 0.6) is 0 Å². The maximum Gasteiger partial charge on any atom is 0.223 e. The average Bonchev–Trinajstić information content (AvgIpc) is 2.57. The summed E-state index contributed by atoms with van der Waals surface area (Å²) in [6, 6.07) is 0.435. The number of carbonyl (C=O) groups excluding carboxylic acids is 1. The third kappa shape index (κ3) is 8.50. The molecule has 1 atom stereocenters. The highest BCUT2D eigenvalue weighted by Gasteiger charge is 2.37. The van der Waals surface area contributed by atoms with E-state index in [4.69, 9.17) is 5.73 Å². The van der Waals surface area contributed by atoms with Gasteiger partial charge in [0.05, 0.1) is 5.41 Å². The highest BCUT2D eigenvalue weighted by molar-refractivity contribution is 5.80. The normalized spacial score (nSPS) is 13.4. The Morgan fingerprint density at radius 3 is 1.62 bits per heavy atom. The first-order chi connectivity index (χ1) is 11.5. The number of carbonyl (C=O) groups is 1.